The van der Waals surface area contributed by atoms with Crippen LogP contribution in [0.4, 0.5) is 0 Å². The Hall–Kier alpha value is -0.400. The maximum Gasteiger partial charge on any atom is 0.384 e. The Kier molecular flexibility index (Phi) is 7.02. The fourth-order valence-corrected chi connectivity index (χ4v) is 3.23. The van der Waals surface area contributed by atoms with Crippen molar-refractivity contribution in [1.29, 1.82) is 0 Å². The molecule has 0 aromatic rings. The molecule has 0 unspecified atom stereocenters. The topological polar surface area (TPSA) is 107 Å². The van der Waals surface area contributed by atoms with E-state index >= 15 is 0 Å². The maximum atomic E-state index is 11.5. The van der Waals surface area contributed by atoms with Crippen molar-refractivity contribution in [2.75, 3.05) is 25.4 Å². The van der Waals surface area contributed by atoms with Gasteiger partial charge in [-0.25, -0.2) is 4.57 Å². The molecule has 0 aliphatic carbocycles. The highest BCUT2D eigenvalue weighted by Crippen LogP contribution is 2.49. The van der Waals surface area contributed by atoms with Gasteiger partial charge in [0.2, 0.25) is 11.8 Å². The van der Waals surface area contributed by atoms with E-state index in [0.717, 1.165) is 0 Å². The van der Waals surface area contributed by atoms with Crippen molar-refractivity contribution in [3.63, 3.8) is 0 Å². The van der Waals surface area contributed by atoms with Crippen molar-refractivity contribution in [1.82, 2.24) is 10.2 Å². The Morgan fingerprint density at radius 2 is 1.84 bits per heavy atom. The highest BCUT2D eigenvalue weighted by atomic mass is 32.7. The zero-order valence-electron chi connectivity index (χ0n) is 10.6. The number of piperidine rings is 1. The van der Waals surface area contributed by atoms with Crippen LogP contribution >= 0.6 is 18.2 Å². The smallest absolute Gasteiger partial charge is 0.317 e. The van der Waals surface area contributed by atoms with E-state index in [9.17, 15) is 14.2 Å². The summed E-state index contributed by atoms with van der Waals surface area (Å²) in [5, 5.41) is 3.01. The summed E-state index contributed by atoms with van der Waals surface area (Å²) in [6, 6.07) is 0. The summed E-state index contributed by atoms with van der Waals surface area (Å²) in [7, 11) is 0. The van der Waals surface area contributed by atoms with Crippen LogP contribution in [0.3, 0.4) is 0 Å². The number of nitrogens with one attached hydrogen (secondary N) is 1. The van der Waals surface area contributed by atoms with Gasteiger partial charge in [-0.3, -0.25) is 14.5 Å². The number of rotatable bonds is 8. The zero-order valence-corrected chi connectivity index (χ0v) is 12.3. The van der Waals surface area contributed by atoms with Crippen LogP contribution in [0, 0.1) is 0 Å². The molecule has 9 heteroatoms. The standard InChI is InChI=1S/C10H19N2O5PS/c13-9-3-1-4-10(14)12(9)7-2-5-11-6-8-19-18(15,16)17/h11H,1-8H2,(H2,15,16,17). The Labute approximate surface area is 116 Å². The number of likely N-dealkylation sites (tertiary alicyclic amines) is 1. The molecular weight excluding hydrogens is 291 g/mol. The molecule has 3 N–H and O–H groups in total. The van der Waals surface area contributed by atoms with Gasteiger partial charge in [-0.15, -0.1) is 0 Å². The fraction of sp³-hybridized carbons (Fsp3) is 0.800. The summed E-state index contributed by atoms with van der Waals surface area (Å²) >= 11 is 0.606. The summed E-state index contributed by atoms with van der Waals surface area (Å²) in [5.41, 5.74) is 0. The summed E-state index contributed by atoms with van der Waals surface area (Å²) < 4.78 is 10.5. The molecule has 0 spiro atoms. The highest BCUT2D eigenvalue weighted by Gasteiger charge is 2.24. The van der Waals surface area contributed by atoms with Gasteiger partial charge in [0.25, 0.3) is 0 Å². The molecule has 1 fully saturated rings. The Bertz CT molecular complexity index is 357. The van der Waals surface area contributed by atoms with Crippen LogP contribution in [0.15, 0.2) is 0 Å². The third kappa shape index (κ3) is 7.08. The van der Waals surface area contributed by atoms with Crippen molar-refractivity contribution >= 4 is 30.0 Å². The van der Waals surface area contributed by atoms with Crippen molar-refractivity contribution in [2.45, 2.75) is 25.7 Å². The predicted molar refractivity (Wildman–Crippen MR) is 72.6 cm³/mol. The summed E-state index contributed by atoms with van der Waals surface area (Å²) in [6.45, 7) is -2.47. The third-order valence-electron chi connectivity index (χ3n) is 2.66. The SMILES string of the molecule is O=C1CCCC(=O)N1CCCNCCSP(=O)(O)O. The predicted octanol–water partition coefficient (Wildman–Crippen LogP) is 0.331. The van der Waals surface area contributed by atoms with E-state index in [0.29, 0.717) is 62.5 Å². The first-order chi connectivity index (χ1) is 8.90. The number of carbonyl (C=O) groups excluding carboxylic acids is 2. The van der Waals surface area contributed by atoms with E-state index in [1.54, 1.807) is 0 Å². The minimum atomic E-state index is -3.98. The first-order valence-electron chi connectivity index (χ1n) is 6.14. The van der Waals surface area contributed by atoms with Crippen molar-refractivity contribution in [2.24, 2.45) is 0 Å². The minimum Gasteiger partial charge on any atom is -0.317 e. The summed E-state index contributed by atoms with van der Waals surface area (Å²) in [6.07, 6.45) is 2.18. The molecule has 0 aromatic heterocycles. The van der Waals surface area contributed by atoms with Crippen molar-refractivity contribution in [3.05, 3.63) is 0 Å². The van der Waals surface area contributed by atoms with E-state index in [2.05, 4.69) is 5.32 Å². The number of carbonyl (C=O) groups is 2. The highest BCUT2D eigenvalue weighted by molar-refractivity contribution is 8.54. The van der Waals surface area contributed by atoms with Crippen LogP contribution in [-0.2, 0) is 14.2 Å². The number of amides is 2. The van der Waals surface area contributed by atoms with Gasteiger partial charge in [-0.2, -0.15) is 0 Å². The first-order valence-corrected chi connectivity index (χ1v) is 9.34. The molecule has 1 rings (SSSR count). The molecular formula is C10H19N2O5PS. The Morgan fingerprint density at radius 1 is 1.21 bits per heavy atom. The molecule has 7 nitrogen and oxygen atoms in total. The van der Waals surface area contributed by atoms with Crippen molar-refractivity contribution in [3.8, 4) is 0 Å². The maximum absolute atomic E-state index is 11.5. The van der Waals surface area contributed by atoms with Crippen LogP contribution < -0.4 is 5.32 Å². The third-order valence-corrected chi connectivity index (χ3v) is 4.94. The van der Waals surface area contributed by atoms with Gasteiger partial charge in [-0.1, -0.05) is 0 Å². The second-order valence-corrected chi connectivity index (χ2v) is 8.07. The monoisotopic (exact) mass is 310 g/mol. The lowest BCUT2D eigenvalue weighted by Gasteiger charge is -2.24. The van der Waals surface area contributed by atoms with Gasteiger partial charge in [0, 0.05) is 31.7 Å². The average molecular weight is 310 g/mol. The molecule has 1 saturated heterocycles. The second kappa shape index (κ2) is 8.01. The fourth-order valence-electron chi connectivity index (χ4n) is 1.77. The normalized spacial score (nSPS) is 17.1. The molecule has 2 amide bonds. The molecule has 0 radical (unpaired) electrons. The lowest BCUT2D eigenvalue weighted by atomic mass is 10.1. The molecule has 0 bridgehead atoms. The lowest BCUT2D eigenvalue weighted by Crippen LogP contribution is -2.41. The second-order valence-electron chi connectivity index (χ2n) is 4.22. The van der Waals surface area contributed by atoms with Gasteiger partial charge in [0.15, 0.2) is 0 Å². The zero-order chi connectivity index (χ0) is 14.3. The van der Waals surface area contributed by atoms with E-state index < -0.39 is 6.80 Å². The molecule has 0 atom stereocenters. The van der Waals surface area contributed by atoms with Crippen LogP contribution in [0.2, 0.25) is 0 Å². The summed E-state index contributed by atoms with van der Waals surface area (Å²) in [5.74, 6) is 0.118. The molecule has 110 valence electrons. The van der Waals surface area contributed by atoms with Gasteiger partial charge in [0.05, 0.1) is 0 Å². The van der Waals surface area contributed by atoms with E-state index in [1.165, 1.54) is 4.90 Å². The van der Waals surface area contributed by atoms with Gasteiger partial charge in [0.1, 0.15) is 0 Å². The molecule has 1 aliphatic rings. The molecule has 0 aromatic carbocycles. The van der Waals surface area contributed by atoms with Crippen LogP contribution in [0.25, 0.3) is 0 Å². The van der Waals surface area contributed by atoms with E-state index in [-0.39, 0.29) is 11.8 Å². The van der Waals surface area contributed by atoms with Crippen LogP contribution in [-0.4, -0.2) is 51.9 Å². The van der Waals surface area contributed by atoms with E-state index in [1.807, 2.05) is 0 Å². The van der Waals surface area contributed by atoms with Crippen LogP contribution in [0.5, 0.6) is 0 Å². The lowest BCUT2D eigenvalue weighted by molar-refractivity contribution is -0.147. The number of hydrogen-bond acceptors (Lipinski definition) is 5. The molecule has 19 heavy (non-hydrogen) atoms. The van der Waals surface area contributed by atoms with Gasteiger partial charge >= 0.3 is 6.80 Å². The number of hydrogen-bond donors (Lipinski definition) is 3. The van der Waals surface area contributed by atoms with Gasteiger partial charge < -0.3 is 15.1 Å². The molecule has 0 saturated carbocycles. The molecule has 1 aliphatic heterocycles. The summed E-state index contributed by atoms with van der Waals surface area (Å²) in [4.78, 5) is 41.5. The van der Waals surface area contributed by atoms with Crippen molar-refractivity contribution < 1.29 is 23.9 Å². The Morgan fingerprint density at radius 3 is 2.42 bits per heavy atom. The molecule has 1 heterocycles. The number of nitrogens with zero attached hydrogens (tertiary/aromatic N) is 1. The largest absolute Gasteiger partial charge is 0.384 e. The first kappa shape index (κ1) is 16.7. The minimum absolute atomic E-state index is 0.103. The average Bonchev–Trinajstić information content (AvgIpc) is 2.29. The van der Waals surface area contributed by atoms with Crippen LogP contribution in [0.1, 0.15) is 25.7 Å². The Balaban J connectivity index is 2.06. The van der Waals surface area contributed by atoms with E-state index in [4.69, 9.17) is 9.79 Å². The number of imide groups is 1. The van der Waals surface area contributed by atoms with Gasteiger partial charge in [-0.05, 0) is 30.8 Å². The quantitative estimate of drug-likeness (QED) is 0.337.